The summed E-state index contributed by atoms with van der Waals surface area (Å²) in [4.78, 5) is 2.60. The van der Waals surface area contributed by atoms with Crippen molar-refractivity contribution >= 4 is 0 Å². The quantitative estimate of drug-likeness (QED) is 0.550. The van der Waals surface area contributed by atoms with Crippen LogP contribution in [0.1, 0.15) is 59.8 Å². The SMILES string of the molecule is CCN(CC)C(C)(CC)C(NN)C1CC2CCC1C2. The Balaban J connectivity index is 2.18. The van der Waals surface area contributed by atoms with Gasteiger partial charge in [-0.2, -0.15) is 0 Å². The molecule has 3 N–H and O–H groups in total. The van der Waals surface area contributed by atoms with Gasteiger partial charge in [0, 0.05) is 11.6 Å². The zero-order valence-electron chi connectivity index (χ0n) is 13.3. The van der Waals surface area contributed by atoms with E-state index in [9.17, 15) is 0 Å². The van der Waals surface area contributed by atoms with Gasteiger partial charge in [0.2, 0.25) is 0 Å². The lowest BCUT2D eigenvalue weighted by Crippen LogP contribution is -2.64. The van der Waals surface area contributed by atoms with Crippen LogP contribution in [0.3, 0.4) is 0 Å². The molecule has 0 aromatic carbocycles. The van der Waals surface area contributed by atoms with Crippen LogP contribution in [0.4, 0.5) is 0 Å². The standard InChI is InChI=1S/C16H33N3/c1-5-16(4,19(6-2)7-3)15(18-17)14-11-12-8-9-13(14)10-12/h12-15,18H,5-11,17H2,1-4H3. The molecule has 3 heteroatoms. The smallest absolute Gasteiger partial charge is 0.0422 e. The highest BCUT2D eigenvalue weighted by Crippen LogP contribution is 2.51. The van der Waals surface area contributed by atoms with Crippen molar-refractivity contribution in [2.45, 2.75) is 71.4 Å². The van der Waals surface area contributed by atoms with Crippen LogP contribution in [0.2, 0.25) is 0 Å². The van der Waals surface area contributed by atoms with E-state index in [0.29, 0.717) is 6.04 Å². The number of nitrogens with two attached hydrogens (primary N) is 1. The normalized spacial score (nSPS) is 34.7. The predicted octanol–water partition coefficient (Wildman–Crippen LogP) is 2.77. The van der Waals surface area contributed by atoms with Crippen molar-refractivity contribution in [2.75, 3.05) is 13.1 Å². The highest BCUT2D eigenvalue weighted by atomic mass is 15.3. The van der Waals surface area contributed by atoms with Crippen LogP contribution in [-0.4, -0.2) is 29.6 Å². The molecule has 3 nitrogen and oxygen atoms in total. The molecule has 2 saturated carbocycles. The first-order chi connectivity index (χ1) is 9.10. The second kappa shape index (κ2) is 6.11. The summed E-state index contributed by atoms with van der Waals surface area (Å²) < 4.78 is 0. The van der Waals surface area contributed by atoms with E-state index in [1.165, 1.54) is 25.7 Å². The Labute approximate surface area is 119 Å². The minimum absolute atomic E-state index is 0.188. The fraction of sp³-hybridized carbons (Fsp3) is 1.00. The summed E-state index contributed by atoms with van der Waals surface area (Å²) in [5, 5.41) is 0. The minimum Gasteiger partial charge on any atom is -0.297 e. The maximum Gasteiger partial charge on any atom is 0.0422 e. The molecule has 2 bridgehead atoms. The van der Waals surface area contributed by atoms with Gasteiger partial charge in [0.1, 0.15) is 0 Å². The van der Waals surface area contributed by atoms with E-state index < -0.39 is 0 Å². The Kier molecular flexibility index (Phi) is 4.91. The number of hydrazine groups is 1. The summed E-state index contributed by atoms with van der Waals surface area (Å²) in [6, 6.07) is 0.438. The summed E-state index contributed by atoms with van der Waals surface area (Å²) in [5.41, 5.74) is 3.42. The van der Waals surface area contributed by atoms with Gasteiger partial charge in [0.25, 0.3) is 0 Å². The van der Waals surface area contributed by atoms with Crippen molar-refractivity contribution in [1.82, 2.24) is 10.3 Å². The highest BCUT2D eigenvalue weighted by molar-refractivity contribution is 5.04. The molecule has 112 valence electrons. The molecule has 0 aliphatic heterocycles. The van der Waals surface area contributed by atoms with E-state index in [4.69, 9.17) is 5.84 Å². The lowest BCUT2D eigenvalue weighted by molar-refractivity contribution is 0.0319. The molecular formula is C16H33N3. The van der Waals surface area contributed by atoms with Crippen molar-refractivity contribution < 1.29 is 0 Å². The average Bonchev–Trinajstić information content (AvgIpc) is 3.03. The molecule has 2 rings (SSSR count). The monoisotopic (exact) mass is 267 g/mol. The van der Waals surface area contributed by atoms with Crippen molar-refractivity contribution in [3.63, 3.8) is 0 Å². The third kappa shape index (κ3) is 2.57. The van der Waals surface area contributed by atoms with Gasteiger partial charge < -0.3 is 0 Å². The predicted molar refractivity (Wildman–Crippen MR) is 81.7 cm³/mol. The number of fused-ring (bicyclic) bond motifs is 2. The molecule has 0 radical (unpaired) electrons. The molecule has 0 spiro atoms. The molecule has 2 aliphatic carbocycles. The van der Waals surface area contributed by atoms with E-state index in [0.717, 1.165) is 37.3 Å². The van der Waals surface area contributed by atoms with Gasteiger partial charge in [-0.05, 0) is 63.5 Å². The van der Waals surface area contributed by atoms with Crippen molar-refractivity contribution in [3.8, 4) is 0 Å². The molecule has 5 atom stereocenters. The largest absolute Gasteiger partial charge is 0.297 e. The van der Waals surface area contributed by atoms with Crippen LogP contribution in [0.15, 0.2) is 0 Å². The second-order valence-corrected chi connectivity index (χ2v) is 6.87. The van der Waals surface area contributed by atoms with Crippen LogP contribution >= 0.6 is 0 Å². The fourth-order valence-electron chi connectivity index (χ4n) is 5.05. The first-order valence-electron chi connectivity index (χ1n) is 8.31. The zero-order valence-corrected chi connectivity index (χ0v) is 13.3. The van der Waals surface area contributed by atoms with E-state index in [2.05, 4.69) is 38.0 Å². The van der Waals surface area contributed by atoms with Crippen LogP contribution in [0.25, 0.3) is 0 Å². The van der Waals surface area contributed by atoms with Gasteiger partial charge in [0.15, 0.2) is 0 Å². The number of nitrogens with zero attached hydrogens (tertiary/aromatic N) is 1. The third-order valence-electron chi connectivity index (χ3n) is 6.27. The van der Waals surface area contributed by atoms with Gasteiger partial charge in [0.05, 0.1) is 0 Å². The van der Waals surface area contributed by atoms with Crippen LogP contribution in [0, 0.1) is 17.8 Å². The van der Waals surface area contributed by atoms with Crippen molar-refractivity contribution in [1.29, 1.82) is 0 Å². The second-order valence-electron chi connectivity index (χ2n) is 6.87. The molecule has 0 amide bonds. The Morgan fingerprint density at radius 3 is 2.26 bits per heavy atom. The van der Waals surface area contributed by atoms with E-state index in [1.807, 2.05) is 0 Å². The van der Waals surface area contributed by atoms with Crippen LogP contribution in [-0.2, 0) is 0 Å². The molecule has 0 saturated heterocycles. The summed E-state index contributed by atoms with van der Waals surface area (Å²) in [6.07, 6.45) is 6.92. The molecular weight excluding hydrogens is 234 g/mol. The maximum atomic E-state index is 6.02. The average molecular weight is 267 g/mol. The Morgan fingerprint density at radius 2 is 1.89 bits per heavy atom. The zero-order chi connectivity index (χ0) is 14.0. The summed E-state index contributed by atoms with van der Waals surface area (Å²) in [5.74, 6) is 8.72. The summed E-state index contributed by atoms with van der Waals surface area (Å²) in [7, 11) is 0. The van der Waals surface area contributed by atoms with Gasteiger partial charge in [-0.25, -0.2) is 0 Å². The maximum absolute atomic E-state index is 6.02. The number of rotatable bonds is 7. The van der Waals surface area contributed by atoms with E-state index in [1.54, 1.807) is 0 Å². The van der Waals surface area contributed by atoms with Gasteiger partial charge >= 0.3 is 0 Å². The lowest BCUT2D eigenvalue weighted by atomic mass is 9.73. The van der Waals surface area contributed by atoms with Crippen LogP contribution in [0.5, 0.6) is 0 Å². The van der Waals surface area contributed by atoms with Crippen molar-refractivity contribution in [2.24, 2.45) is 23.6 Å². The van der Waals surface area contributed by atoms with E-state index >= 15 is 0 Å². The van der Waals surface area contributed by atoms with Crippen LogP contribution < -0.4 is 11.3 Å². The topological polar surface area (TPSA) is 41.3 Å². The van der Waals surface area contributed by atoms with Crippen molar-refractivity contribution in [3.05, 3.63) is 0 Å². The third-order valence-corrected chi connectivity index (χ3v) is 6.27. The molecule has 0 aromatic heterocycles. The summed E-state index contributed by atoms with van der Waals surface area (Å²) in [6.45, 7) is 11.5. The van der Waals surface area contributed by atoms with Gasteiger partial charge in [-0.3, -0.25) is 16.2 Å². The molecule has 5 unspecified atom stereocenters. The molecule has 2 aliphatic rings. The molecule has 0 aromatic rings. The number of nitrogens with one attached hydrogen (secondary N) is 1. The lowest BCUT2D eigenvalue weighted by Gasteiger charge is -2.49. The Hall–Kier alpha value is -0.120. The highest BCUT2D eigenvalue weighted by Gasteiger charge is 2.49. The molecule has 19 heavy (non-hydrogen) atoms. The minimum atomic E-state index is 0.188. The Morgan fingerprint density at radius 1 is 1.21 bits per heavy atom. The molecule has 2 fully saturated rings. The summed E-state index contributed by atoms with van der Waals surface area (Å²) >= 11 is 0. The number of likely N-dealkylation sites (N-methyl/N-ethyl adjacent to an activating group) is 1. The van der Waals surface area contributed by atoms with E-state index in [-0.39, 0.29) is 5.54 Å². The first kappa shape index (κ1) is 15.3. The molecule has 0 heterocycles. The van der Waals surface area contributed by atoms with Gasteiger partial charge in [-0.15, -0.1) is 0 Å². The fourth-order valence-corrected chi connectivity index (χ4v) is 5.05. The number of hydrogen-bond donors (Lipinski definition) is 2. The first-order valence-corrected chi connectivity index (χ1v) is 8.31. The van der Waals surface area contributed by atoms with Gasteiger partial charge in [-0.1, -0.05) is 27.2 Å². The Bertz CT molecular complexity index is 290. The number of hydrogen-bond acceptors (Lipinski definition) is 3.